The Bertz CT molecular complexity index is 2750. The molecule has 58 heavy (non-hydrogen) atoms. The first-order valence-corrected chi connectivity index (χ1v) is 19.4. The molecule has 0 saturated heterocycles. The molecule has 4 heterocycles. The van der Waals surface area contributed by atoms with Crippen molar-refractivity contribution in [2.45, 2.75) is 58.4 Å². The summed E-state index contributed by atoms with van der Waals surface area (Å²) >= 11 is 0. The minimum Gasteiger partial charge on any atom is -0.351 e. The van der Waals surface area contributed by atoms with E-state index in [2.05, 4.69) is 87.3 Å². The predicted molar refractivity (Wildman–Crippen MR) is 230 cm³/mol. The van der Waals surface area contributed by atoms with Crippen LogP contribution in [0, 0.1) is 13.8 Å². The fraction of sp³-hybridized carbons (Fsp3) is 0.205. The van der Waals surface area contributed by atoms with Gasteiger partial charge in [-0.25, -0.2) is 9.97 Å². The van der Waals surface area contributed by atoms with Crippen molar-refractivity contribution >= 4 is 74.3 Å². The summed E-state index contributed by atoms with van der Waals surface area (Å²) in [6, 6.07) is 34.5. The Morgan fingerprint density at radius 3 is 1.88 bits per heavy atom. The van der Waals surface area contributed by atoms with Gasteiger partial charge in [0.1, 0.15) is 11.6 Å². The zero-order valence-corrected chi connectivity index (χ0v) is 32.4. The predicted octanol–water partition coefficient (Wildman–Crippen LogP) is 8.97. The monoisotopic (exact) mass is 769 g/mol. The molecule has 1 amide bonds. The van der Waals surface area contributed by atoms with E-state index in [1.54, 1.807) is 0 Å². The fourth-order valence-electron chi connectivity index (χ4n) is 7.24. The lowest BCUT2D eigenvalue weighted by Crippen LogP contribution is -2.21. The van der Waals surface area contributed by atoms with E-state index in [1.165, 1.54) is 36.6 Å². The Balaban J connectivity index is 0.000000150. The maximum Gasteiger partial charge on any atom is 0.229 e. The molecule has 1 saturated carbocycles. The summed E-state index contributed by atoms with van der Waals surface area (Å²) in [7, 11) is 0. The Morgan fingerprint density at radius 2 is 1.26 bits per heavy atom. The number of aromatic amines is 2. The molecule has 0 atom stereocenters. The van der Waals surface area contributed by atoms with Crippen LogP contribution in [0.5, 0.6) is 0 Å². The van der Waals surface area contributed by atoms with E-state index in [9.17, 15) is 4.79 Å². The van der Waals surface area contributed by atoms with Crippen LogP contribution < -0.4 is 26.6 Å². The third-order valence-electron chi connectivity index (χ3n) is 10.2. The zero-order valence-electron chi connectivity index (χ0n) is 32.4. The summed E-state index contributed by atoms with van der Waals surface area (Å²) < 4.78 is 0. The van der Waals surface area contributed by atoms with E-state index in [0.717, 1.165) is 68.9 Å². The van der Waals surface area contributed by atoms with Crippen LogP contribution in [0.25, 0.3) is 21.8 Å². The number of anilines is 8. The van der Waals surface area contributed by atoms with Crippen molar-refractivity contribution in [2.24, 2.45) is 0 Å². The minimum absolute atomic E-state index is 0.101. The van der Waals surface area contributed by atoms with Gasteiger partial charge in [-0.15, -0.1) is 0 Å². The first kappa shape index (κ1) is 36.3. The number of amides is 1. The van der Waals surface area contributed by atoms with Crippen molar-refractivity contribution in [2.75, 3.05) is 26.6 Å². The molecule has 0 unspecified atom stereocenters. The Hall–Kier alpha value is -7.35. The largest absolute Gasteiger partial charge is 0.351 e. The van der Waals surface area contributed by atoms with Gasteiger partial charge < -0.3 is 26.6 Å². The number of nitrogens with zero attached hydrogens (tertiary/aromatic N) is 6. The molecule has 0 spiro atoms. The van der Waals surface area contributed by atoms with Crippen LogP contribution in [-0.4, -0.2) is 52.3 Å². The molecule has 0 aliphatic heterocycles. The Labute approximate surface area is 334 Å². The van der Waals surface area contributed by atoms with Gasteiger partial charge in [0.15, 0.2) is 11.6 Å². The lowest BCUT2D eigenvalue weighted by molar-refractivity contribution is -0.114. The molecular weight excluding hydrogens is 727 g/mol. The van der Waals surface area contributed by atoms with Gasteiger partial charge >= 0.3 is 0 Å². The molecule has 14 nitrogen and oxygen atoms in total. The molecule has 8 aromatic rings. The van der Waals surface area contributed by atoms with Crippen molar-refractivity contribution in [1.82, 2.24) is 40.3 Å². The second kappa shape index (κ2) is 15.7. The molecular formula is C44H43N13O. The van der Waals surface area contributed by atoms with E-state index in [1.807, 2.05) is 86.6 Å². The number of nitrogens with one attached hydrogen (secondary N) is 7. The number of hydrogen-bond donors (Lipinski definition) is 7. The van der Waals surface area contributed by atoms with Crippen molar-refractivity contribution < 1.29 is 4.79 Å². The second-order valence-corrected chi connectivity index (χ2v) is 14.8. The molecule has 0 radical (unpaired) electrons. The van der Waals surface area contributed by atoms with E-state index < -0.39 is 0 Å². The van der Waals surface area contributed by atoms with Gasteiger partial charge in [-0.05, 0) is 98.7 Å². The van der Waals surface area contributed by atoms with Crippen LogP contribution in [0.15, 0.2) is 103 Å². The highest BCUT2D eigenvalue weighted by Crippen LogP contribution is 2.40. The summed E-state index contributed by atoms with van der Waals surface area (Å²) in [4.78, 5) is 30.1. The average molecular weight is 770 g/mol. The SMILES string of the molecule is CC(=O)Nc1ccc(Nc2nc(Nc3cc(C)[nH]n3)c3ccccc3n2)cc1C.c1ccc2c(c1)CC(Nc1nc(Nc3cc(C4CC4)[nH]n3)c3ccccc3n1)C2. The summed E-state index contributed by atoms with van der Waals surface area (Å²) in [6.45, 7) is 5.37. The lowest BCUT2D eigenvalue weighted by atomic mass is 10.1. The van der Waals surface area contributed by atoms with Crippen LogP contribution in [0.4, 0.5) is 46.5 Å². The van der Waals surface area contributed by atoms with Crippen LogP contribution in [-0.2, 0) is 17.6 Å². The Morgan fingerprint density at radius 1 is 0.655 bits per heavy atom. The maximum absolute atomic E-state index is 11.3. The van der Waals surface area contributed by atoms with E-state index in [4.69, 9.17) is 9.97 Å². The van der Waals surface area contributed by atoms with Gasteiger partial charge in [-0.2, -0.15) is 20.2 Å². The topological polar surface area (TPSA) is 186 Å². The molecule has 1 fully saturated rings. The van der Waals surface area contributed by atoms with Gasteiger partial charge in [-0.1, -0.05) is 48.5 Å². The number of rotatable bonds is 10. The summed E-state index contributed by atoms with van der Waals surface area (Å²) in [5, 5.41) is 32.9. The first-order valence-electron chi connectivity index (χ1n) is 19.4. The van der Waals surface area contributed by atoms with Gasteiger partial charge in [0.05, 0.1) is 11.0 Å². The van der Waals surface area contributed by atoms with Gasteiger partial charge in [-0.3, -0.25) is 15.0 Å². The second-order valence-electron chi connectivity index (χ2n) is 14.8. The average Bonchev–Trinajstić information content (AvgIpc) is 3.59. The molecule has 0 bridgehead atoms. The Kier molecular flexibility index (Phi) is 9.79. The molecule has 2 aliphatic rings. The third-order valence-corrected chi connectivity index (χ3v) is 10.2. The summed E-state index contributed by atoms with van der Waals surface area (Å²) in [6.07, 6.45) is 4.49. The number of hydrogen-bond acceptors (Lipinski definition) is 11. The number of fused-ring (bicyclic) bond motifs is 3. The molecule has 4 aromatic carbocycles. The number of benzene rings is 4. The van der Waals surface area contributed by atoms with Crippen molar-refractivity contribution in [1.29, 1.82) is 0 Å². The van der Waals surface area contributed by atoms with Gasteiger partial charge in [0.25, 0.3) is 0 Å². The number of para-hydroxylation sites is 2. The highest BCUT2D eigenvalue weighted by atomic mass is 16.1. The number of carbonyl (C=O) groups excluding carboxylic acids is 1. The van der Waals surface area contributed by atoms with Crippen LogP contribution in [0.1, 0.15) is 53.8 Å². The number of aryl methyl sites for hydroxylation is 2. The van der Waals surface area contributed by atoms with Gasteiger partial charge in [0, 0.05) is 64.6 Å². The number of aromatic nitrogens is 8. The molecule has 10 rings (SSSR count). The molecule has 4 aromatic heterocycles. The number of carbonyl (C=O) groups is 1. The fourth-order valence-corrected chi connectivity index (χ4v) is 7.24. The quantitative estimate of drug-likeness (QED) is 0.0704. The van der Waals surface area contributed by atoms with Crippen molar-refractivity contribution in [3.05, 3.63) is 131 Å². The highest BCUT2D eigenvalue weighted by molar-refractivity contribution is 5.93. The smallest absolute Gasteiger partial charge is 0.229 e. The molecule has 7 N–H and O–H groups in total. The van der Waals surface area contributed by atoms with Crippen LogP contribution in [0.3, 0.4) is 0 Å². The van der Waals surface area contributed by atoms with Crippen molar-refractivity contribution in [3.8, 4) is 0 Å². The lowest BCUT2D eigenvalue weighted by Gasteiger charge is -2.14. The highest BCUT2D eigenvalue weighted by Gasteiger charge is 2.26. The van der Waals surface area contributed by atoms with E-state index >= 15 is 0 Å². The van der Waals surface area contributed by atoms with Crippen LogP contribution >= 0.6 is 0 Å². The van der Waals surface area contributed by atoms with E-state index in [0.29, 0.717) is 35.5 Å². The minimum atomic E-state index is -0.101. The van der Waals surface area contributed by atoms with Gasteiger partial charge in [0.2, 0.25) is 17.8 Å². The molecule has 14 heteroatoms. The first-order chi connectivity index (χ1) is 28.3. The zero-order chi connectivity index (χ0) is 39.6. The molecule has 2 aliphatic carbocycles. The summed E-state index contributed by atoms with van der Waals surface area (Å²) in [5.74, 6) is 4.59. The maximum atomic E-state index is 11.3. The summed E-state index contributed by atoms with van der Waals surface area (Å²) in [5.41, 5.74) is 9.25. The third kappa shape index (κ3) is 8.26. The van der Waals surface area contributed by atoms with Crippen LogP contribution in [0.2, 0.25) is 0 Å². The van der Waals surface area contributed by atoms with Crippen molar-refractivity contribution in [3.63, 3.8) is 0 Å². The molecule has 290 valence electrons. The normalized spacial score (nSPS) is 13.4. The number of H-pyrrole nitrogens is 2. The van der Waals surface area contributed by atoms with E-state index in [-0.39, 0.29) is 5.91 Å². The standard InChI is InChI=1S/C23H22N6.C21H21N7O/c1-2-6-16-12-17(11-15(16)5-1)24-23-25-19-8-4-3-7-18(19)22(27-23)26-21-13-20(28-29-21)14-9-10-14;1-12-10-15(8-9-17(12)22-14(3)29)23-21-24-18-7-5-4-6-16(18)20(26-21)25-19-11-13(2)27-28-19/h1-8,13-14,17H,9-12H2,(H3,24,25,26,27,28,29);4-11H,1-3H3,(H,22,29)(H3,23,24,25,26,27,28).